The van der Waals surface area contributed by atoms with Gasteiger partial charge in [-0.3, -0.25) is 0 Å². The molecule has 3 aromatic rings. The molecule has 0 saturated heterocycles. The molecule has 0 saturated carbocycles. The van der Waals surface area contributed by atoms with Crippen LogP contribution in [0, 0.1) is 13.8 Å². The third-order valence-corrected chi connectivity index (χ3v) is 5.22. The van der Waals surface area contributed by atoms with E-state index >= 15 is 0 Å². The van der Waals surface area contributed by atoms with Crippen LogP contribution in [0.2, 0.25) is 0 Å². The molecule has 0 aliphatic carbocycles. The third-order valence-electron chi connectivity index (χ3n) is 5.22. The first-order valence-corrected chi connectivity index (χ1v) is 8.72. The first kappa shape index (κ1) is 15.2. The number of nitrogens with one attached hydrogen (secondary N) is 1. The van der Waals surface area contributed by atoms with E-state index in [0.29, 0.717) is 6.04 Å². The van der Waals surface area contributed by atoms with Gasteiger partial charge in [0.05, 0.1) is 6.04 Å². The van der Waals surface area contributed by atoms with Crippen LogP contribution in [0.3, 0.4) is 0 Å². The molecular weight excluding hydrogens is 290 g/mol. The van der Waals surface area contributed by atoms with Crippen LogP contribution in [0.15, 0.2) is 66.7 Å². The van der Waals surface area contributed by atoms with Crippen molar-refractivity contribution in [2.45, 2.75) is 26.3 Å². The lowest BCUT2D eigenvalue weighted by Gasteiger charge is -2.30. The van der Waals surface area contributed by atoms with E-state index in [2.05, 4.69) is 85.9 Å². The maximum atomic E-state index is 3.75. The molecular formula is C23H23N. The Morgan fingerprint density at radius 2 is 1.58 bits per heavy atom. The number of fused-ring (bicyclic) bond motifs is 1. The molecule has 0 fully saturated rings. The number of aryl methyl sites for hydroxylation is 1. The molecule has 1 N–H and O–H groups in total. The largest absolute Gasteiger partial charge is 0.306 e. The molecule has 0 aromatic heterocycles. The van der Waals surface area contributed by atoms with Crippen LogP contribution in [0.25, 0.3) is 11.1 Å². The van der Waals surface area contributed by atoms with Crippen LogP contribution < -0.4 is 5.32 Å². The van der Waals surface area contributed by atoms with E-state index in [0.717, 1.165) is 13.0 Å². The van der Waals surface area contributed by atoms with Gasteiger partial charge in [0, 0.05) is 6.54 Å². The molecule has 0 spiro atoms. The Hall–Kier alpha value is -2.38. The first-order valence-electron chi connectivity index (χ1n) is 8.72. The molecule has 120 valence electrons. The molecule has 1 unspecified atom stereocenters. The van der Waals surface area contributed by atoms with E-state index in [4.69, 9.17) is 0 Å². The summed E-state index contributed by atoms with van der Waals surface area (Å²) in [5.41, 5.74) is 9.71. The normalized spacial score (nSPS) is 16.7. The summed E-state index contributed by atoms with van der Waals surface area (Å²) < 4.78 is 0. The van der Waals surface area contributed by atoms with E-state index < -0.39 is 0 Å². The van der Waals surface area contributed by atoms with Crippen molar-refractivity contribution in [3.8, 4) is 11.1 Å². The predicted molar refractivity (Wildman–Crippen MR) is 101 cm³/mol. The zero-order valence-electron chi connectivity index (χ0n) is 14.3. The second kappa shape index (κ2) is 6.26. The quantitative estimate of drug-likeness (QED) is 0.685. The molecule has 1 heterocycles. The second-order valence-electron chi connectivity index (χ2n) is 6.67. The second-order valence-corrected chi connectivity index (χ2v) is 6.67. The minimum Gasteiger partial charge on any atom is -0.306 e. The van der Waals surface area contributed by atoms with Crippen LogP contribution in [0.4, 0.5) is 0 Å². The van der Waals surface area contributed by atoms with E-state index in [1.54, 1.807) is 0 Å². The van der Waals surface area contributed by atoms with Gasteiger partial charge in [0.25, 0.3) is 0 Å². The fourth-order valence-electron chi connectivity index (χ4n) is 4.00. The van der Waals surface area contributed by atoms with Crippen molar-refractivity contribution >= 4 is 0 Å². The standard InChI is InChI=1S/C23H23N/c1-16-12-13-20(18-8-4-3-5-9-18)17(2)22(16)23-21-11-7-6-10-19(21)14-15-24-23/h3-13,23-24H,14-15H2,1-2H3. The molecule has 1 heteroatoms. The smallest absolute Gasteiger partial charge is 0.0584 e. The molecule has 0 radical (unpaired) electrons. The van der Waals surface area contributed by atoms with Crippen LogP contribution in [0.1, 0.15) is 33.9 Å². The van der Waals surface area contributed by atoms with Gasteiger partial charge >= 0.3 is 0 Å². The summed E-state index contributed by atoms with van der Waals surface area (Å²) in [6.45, 7) is 5.54. The minimum absolute atomic E-state index is 0.290. The molecule has 0 bridgehead atoms. The Bertz CT molecular complexity index is 864. The van der Waals surface area contributed by atoms with Crippen LogP contribution in [-0.4, -0.2) is 6.54 Å². The maximum Gasteiger partial charge on any atom is 0.0584 e. The summed E-state index contributed by atoms with van der Waals surface area (Å²) in [7, 11) is 0. The summed E-state index contributed by atoms with van der Waals surface area (Å²) in [6, 6.07) is 24.4. The number of benzene rings is 3. The Morgan fingerprint density at radius 1 is 0.833 bits per heavy atom. The molecule has 24 heavy (non-hydrogen) atoms. The van der Waals surface area contributed by atoms with Crippen LogP contribution >= 0.6 is 0 Å². The molecule has 4 rings (SSSR count). The topological polar surface area (TPSA) is 12.0 Å². The van der Waals surface area contributed by atoms with E-state index in [1.807, 2.05) is 0 Å². The van der Waals surface area contributed by atoms with Crippen molar-refractivity contribution in [1.82, 2.24) is 5.32 Å². The van der Waals surface area contributed by atoms with Crippen molar-refractivity contribution in [1.29, 1.82) is 0 Å². The molecule has 0 amide bonds. The maximum absolute atomic E-state index is 3.75. The van der Waals surface area contributed by atoms with Crippen molar-refractivity contribution in [2.24, 2.45) is 0 Å². The van der Waals surface area contributed by atoms with Gasteiger partial charge in [-0.15, -0.1) is 0 Å². The minimum atomic E-state index is 0.290. The summed E-state index contributed by atoms with van der Waals surface area (Å²) in [4.78, 5) is 0. The fourth-order valence-corrected chi connectivity index (χ4v) is 4.00. The van der Waals surface area contributed by atoms with Gasteiger partial charge in [-0.1, -0.05) is 66.7 Å². The zero-order valence-corrected chi connectivity index (χ0v) is 14.3. The Balaban J connectivity index is 1.88. The zero-order chi connectivity index (χ0) is 16.5. The monoisotopic (exact) mass is 313 g/mol. The summed E-state index contributed by atoms with van der Waals surface area (Å²) >= 11 is 0. The summed E-state index contributed by atoms with van der Waals surface area (Å²) in [6.07, 6.45) is 1.11. The van der Waals surface area contributed by atoms with Gasteiger partial charge in [0.2, 0.25) is 0 Å². The molecule has 1 aliphatic rings. The van der Waals surface area contributed by atoms with Crippen molar-refractivity contribution in [3.05, 3.63) is 94.5 Å². The highest BCUT2D eigenvalue weighted by molar-refractivity contribution is 5.70. The van der Waals surface area contributed by atoms with E-state index in [-0.39, 0.29) is 0 Å². The summed E-state index contributed by atoms with van der Waals surface area (Å²) in [5.74, 6) is 0. The average Bonchev–Trinajstić information content (AvgIpc) is 2.63. The molecule has 3 aromatic carbocycles. The van der Waals surface area contributed by atoms with E-state index in [9.17, 15) is 0 Å². The Kier molecular flexibility index (Phi) is 3.95. The lowest BCUT2D eigenvalue weighted by molar-refractivity contribution is 0.564. The average molecular weight is 313 g/mol. The highest BCUT2D eigenvalue weighted by Gasteiger charge is 2.24. The van der Waals surface area contributed by atoms with Gasteiger partial charge in [-0.2, -0.15) is 0 Å². The van der Waals surface area contributed by atoms with Crippen LogP contribution in [-0.2, 0) is 6.42 Å². The van der Waals surface area contributed by atoms with Crippen molar-refractivity contribution in [3.63, 3.8) is 0 Å². The number of hydrogen-bond donors (Lipinski definition) is 1. The molecule has 1 nitrogen and oxygen atoms in total. The van der Waals surface area contributed by atoms with Gasteiger partial charge in [0.15, 0.2) is 0 Å². The van der Waals surface area contributed by atoms with Crippen molar-refractivity contribution in [2.75, 3.05) is 6.54 Å². The Morgan fingerprint density at radius 3 is 2.42 bits per heavy atom. The predicted octanol–water partition coefficient (Wildman–Crippen LogP) is 5.21. The number of hydrogen-bond acceptors (Lipinski definition) is 1. The fraction of sp³-hybridized carbons (Fsp3) is 0.217. The van der Waals surface area contributed by atoms with Gasteiger partial charge in [0.1, 0.15) is 0 Å². The highest BCUT2D eigenvalue weighted by Crippen LogP contribution is 2.36. The van der Waals surface area contributed by atoms with Crippen LogP contribution in [0.5, 0.6) is 0 Å². The highest BCUT2D eigenvalue weighted by atomic mass is 14.9. The van der Waals surface area contributed by atoms with E-state index in [1.165, 1.54) is 38.9 Å². The number of rotatable bonds is 2. The van der Waals surface area contributed by atoms with Gasteiger partial charge < -0.3 is 5.32 Å². The lowest BCUT2D eigenvalue weighted by atomic mass is 9.83. The van der Waals surface area contributed by atoms with Gasteiger partial charge in [-0.05, 0) is 59.2 Å². The SMILES string of the molecule is Cc1ccc(-c2ccccc2)c(C)c1C1NCCc2ccccc21. The van der Waals surface area contributed by atoms with Gasteiger partial charge in [-0.25, -0.2) is 0 Å². The Labute approximate surface area is 144 Å². The third kappa shape index (κ3) is 2.55. The van der Waals surface area contributed by atoms with Crippen molar-refractivity contribution < 1.29 is 0 Å². The summed E-state index contributed by atoms with van der Waals surface area (Å²) in [5, 5.41) is 3.75. The molecule has 1 aliphatic heterocycles. The lowest BCUT2D eigenvalue weighted by Crippen LogP contribution is -2.31. The first-order chi connectivity index (χ1) is 11.8. The molecule has 1 atom stereocenters.